The molecule has 0 heterocycles. The van der Waals surface area contributed by atoms with E-state index in [0.717, 1.165) is 6.54 Å². The molecular weight excluding hydrogens is 144 g/mol. The van der Waals surface area contributed by atoms with E-state index >= 15 is 0 Å². The summed E-state index contributed by atoms with van der Waals surface area (Å²) >= 11 is 0. The highest BCUT2D eigenvalue weighted by Crippen LogP contribution is 1.84. The second-order valence-electron chi connectivity index (χ2n) is 1.93. The molecule has 1 N–H and O–H groups in total. The zero-order chi connectivity index (χ0) is 8.53. The standard InChI is InChI=1S/C7H14N2O2/c1-3-9-7(5-8)6-11-10-4-2/h7,9H,3-4,6H2,1-2H3. The van der Waals surface area contributed by atoms with Crippen molar-refractivity contribution in [3.8, 4) is 6.07 Å². The van der Waals surface area contributed by atoms with Gasteiger partial charge < -0.3 is 5.32 Å². The van der Waals surface area contributed by atoms with Gasteiger partial charge in [-0.2, -0.15) is 5.26 Å². The summed E-state index contributed by atoms with van der Waals surface area (Å²) in [6.45, 7) is 5.30. The third kappa shape index (κ3) is 5.80. The molecule has 0 saturated carbocycles. The Hall–Kier alpha value is -0.630. The van der Waals surface area contributed by atoms with Crippen molar-refractivity contribution in [3.63, 3.8) is 0 Å². The van der Waals surface area contributed by atoms with Crippen LogP contribution in [0.2, 0.25) is 0 Å². The molecule has 0 aromatic rings. The molecule has 1 atom stereocenters. The predicted octanol–water partition coefficient (Wildman–Crippen LogP) is 0.456. The number of nitrogens with one attached hydrogen (secondary N) is 1. The van der Waals surface area contributed by atoms with Crippen LogP contribution in [0.4, 0.5) is 0 Å². The minimum atomic E-state index is -0.272. The summed E-state index contributed by atoms with van der Waals surface area (Å²) in [5.74, 6) is 0. The van der Waals surface area contributed by atoms with Crippen molar-refractivity contribution >= 4 is 0 Å². The quantitative estimate of drug-likeness (QED) is 0.346. The second kappa shape index (κ2) is 7.48. The van der Waals surface area contributed by atoms with E-state index in [0.29, 0.717) is 6.61 Å². The van der Waals surface area contributed by atoms with Crippen molar-refractivity contribution in [3.05, 3.63) is 0 Å². The fraction of sp³-hybridized carbons (Fsp3) is 0.857. The summed E-state index contributed by atoms with van der Waals surface area (Å²) in [6.07, 6.45) is 0. The minimum Gasteiger partial charge on any atom is -0.300 e. The third-order valence-corrected chi connectivity index (χ3v) is 1.04. The van der Waals surface area contributed by atoms with Crippen molar-refractivity contribution < 1.29 is 9.78 Å². The Kier molecular flexibility index (Phi) is 7.05. The summed E-state index contributed by atoms with van der Waals surface area (Å²) in [6, 6.07) is 1.77. The van der Waals surface area contributed by atoms with Crippen LogP contribution < -0.4 is 5.32 Å². The van der Waals surface area contributed by atoms with Crippen molar-refractivity contribution in [2.24, 2.45) is 0 Å². The normalized spacial score (nSPS) is 12.5. The van der Waals surface area contributed by atoms with Gasteiger partial charge in [0, 0.05) is 0 Å². The van der Waals surface area contributed by atoms with Crippen LogP contribution in [0.25, 0.3) is 0 Å². The van der Waals surface area contributed by atoms with Gasteiger partial charge in [-0.1, -0.05) is 6.92 Å². The molecule has 0 aromatic carbocycles. The van der Waals surface area contributed by atoms with Crippen LogP contribution in [0.15, 0.2) is 0 Å². The highest BCUT2D eigenvalue weighted by Gasteiger charge is 2.04. The average Bonchev–Trinajstić information content (AvgIpc) is 2.03. The van der Waals surface area contributed by atoms with Crippen molar-refractivity contribution in [1.29, 1.82) is 5.26 Å². The molecule has 4 nitrogen and oxygen atoms in total. The molecular formula is C7H14N2O2. The lowest BCUT2D eigenvalue weighted by Crippen LogP contribution is -2.31. The SMILES string of the molecule is CCNC(C#N)COOCC. The molecule has 0 aliphatic rings. The first kappa shape index (κ1) is 10.4. The molecule has 4 heteroatoms. The van der Waals surface area contributed by atoms with E-state index < -0.39 is 0 Å². The van der Waals surface area contributed by atoms with Crippen LogP contribution in [0, 0.1) is 11.3 Å². The topological polar surface area (TPSA) is 54.3 Å². The predicted molar refractivity (Wildman–Crippen MR) is 40.7 cm³/mol. The molecule has 0 amide bonds. The van der Waals surface area contributed by atoms with Crippen molar-refractivity contribution in [1.82, 2.24) is 5.32 Å². The van der Waals surface area contributed by atoms with Crippen LogP contribution in [-0.2, 0) is 9.78 Å². The molecule has 0 aromatic heterocycles. The fourth-order valence-electron chi connectivity index (χ4n) is 0.588. The monoisotopic (exact) mass is 158 g/mol. The average molecular weight is 158 g/mol. The Labute approximate surface area is 67.0 Å². The lowest BCUT2D eigenvalue weighted by atomic mass is 10.3. The molecule has 0 saturated heterocycles. The van der Waals surface area contributed by atoms with Gasteiger partial charge >= 0.3 is 0 Å². The second-order valence-corrected chi connectivity index (χ2v) is 1.93. The summed E-state index contributed by atoms with van der Waals surface area (Å²) in [5, 5.41) is 11.4. The van der Waals surface area contributed by atoms with E-state index in [1.165, 1.54) is 0 Å². The number of nitrogens with zero attached hydrogens (tertiary/aromatic N) is 1. The molecule has 11 heavy (non-hydrogen) atoms. The lowest BCUT2D eigenvalue weighted by Gasteiger charge is -2.08. The number of rotatable bonds is 6. The van der Waals surface area contributed by atoms with Gasteiger partial charge in [-0.05, 0) is 13.5 Å². The Morgan fingerprint density at radius 2 is 2.18 bits per heavy atom. The van der Waals surface area contributed by atoms with Gasteiger partial charge in [0.2, 0.25) is 0 Å². The van der Waals surface area contributed by atoms with Gasteiger partial charge in [0.1, 0.15) is 12.6 Å². The van der Waals surface area contributed by atoms with Crippen molar-refractivity contribution in [2.45, 2.75) is 19.9 Å². The Morgan fingerprint density at radius 1 is 1.45 bits per heavy atom. The molecule has 0 radical (unpaired) electrons. The van der Waals surface area contributed by atoms with Crippen LogP contribution in [0.5, 0.6) is 0 Å². The van der Waals surface area contributed by atoms with E-state index in [2.05, 4.69) is 10.2 Å². The molecule has 0 aliphatic carbocycles. The summed E-state index contributed by atoms with van der Waals surface area (Å²) in [4.78, 5) is 9.32. The summed E-state index contributed by atoms with van der Waals surface area (Å²) in [5.41, 5.74) is 0. The zero-order valence-electron chi connectivity index (χ0n) is 6.96. The van der Waals surface area contributed by atoms with Gasteiger partial charge in [-0.25, -0.2) is 9.78 Å². The summed E-state index contributed by atoms with van der Waals surface area (Å²) in [7, 11) is 0. The first-order valence-electron chi connectivity index (χ1n) is 3.72. The van der Waals surface area contributed by atoms with Gasteiger partial charge in [-0.15, -0.1) is 0 Å². The maximum Gasteiger partial charge on any atom is 0.122 e. The number of hydrogen-bond acceptors (Lipinski definition) is 4. The first-order chi connectivity index (χ1) is 5.35. The lowest BCUT2D eigenvalue weighted by molar-refractivity contribution is -0.292. The molecule has 0 spiro atoms. The van der Waals surface area contributed by atoms with Crippen LogP contribution in [-0.4, -0.2) is 25.8 Å². The first-order valence-corrected chi connectivity index (χ1v) is 3.72. The van der Waals surface area contributed by atoms with Gasteiger partial charge in [0.25, 0.3) is 0 Å². The van der Waals surface area contributed by atoms with E-state index in [1.54, 1.807) is 0 Å². The number of hydrogen-bond donors (Lipinski definition) is 1. The van der Waals surface area contributed by atoms with Crippen LogP contribution in [0.1, 0.15) is 13.8 Å². The maximum absolute atomic E-state index is 8.51. The molecule has 1 unspecified atom stereocenters. The number of likely N-dealkylation sites (N-methyl/N-ethyl adjacent to an activating group) is 1. The smallest absolute Gasteiger partial charge is 0.122 e. The molecule has 0 aliphatic heterocycles. The largest absolute Gasteiger partial charge is 0.300 e. The van der Waals surface area contributed by atoms with E-state index in [9.17, 15) is 0 Å². The van der Waals surface area contributed by atoms with E-state index in [1.807, 2.05) is 19.9 Å². The molecule has 0 bridgehead atoms. The van der Waals surface area contributed by atoms with Crippen LogP contribution in [0.3, 0.4) is 0 Å². The molecule has 64 valence electrons. The third-order valence-electron chi connectivity index (χ3n) is 1.04. The highest BCUT2D eigenvalue weighted by atomic mass is 17.2. The molecule has 0 fully saturated rings. The fourth-order valence-corrected chi connectivity index (χ4v) is 0.588. The Morgan fingerprint density at radius 3 is 2.64 bits per heavy atom. The minimum absolute atomic E-state index is 0.272. The van der Waals surface area contributed by atoms with E-state index in [-0.39, 0.29) is 12.6 Å². The van der Waals surface area contributed by atoms with E-state index in [4.69, 9.17) is 10.1 Å². The zero-order valence-corrected chi connectivity index (χ0v) is 6.96. The van der Waals surface area contributed by atoms with Gasteiger partial charge in [0.05, 0.1) is 12.7 Å². The van der Waals surface area contributed by atoms with Gasteiger partial charge in [-0.3, -0.25) is 0 Å². The highest BCUT2D eigenvalue weighted by molar-refractivity contribution is 4.88. The van der Waals surface area contributed by atoms with Crippen LogP contribution >= 0.6 is 0 Å². The summed E-state index contributed by atoms with van der Waals surface area (Å²) < 4.78 is 0. The Bertz CT molecular complexity index is 122. The maximum atomic E-state index is 8.51. The molecule has 0 rings (SSSR count). The van der Waals surface area contributed by atoms with Crippen molar-refractivity contribution in [2.75, 3.05) is 19.8 Å². The Balaban J connectivity index is 3.30. The number of nitriles is 1. The van der Waals surface area contributed by atoms with Gasteiger partial charge in [0.15, 0.2) is 0 Å².